The number of halogens is 2. The molecular formula is C17H17Cl2N. The van der Waals surface area contributed by atoms with E-state index < -0.39 is 0 Å². The Morgan fingerprint density at radius 3 is 2.40 bits per heavy atom. The highest BCUT2D eigenvalue weighted by Gasteiger charge is 2.27. The van der Waals surface area contributed by atoms with E-state index >= 15 is 0 Å². The van der Waals surface area contributed by atoms with Crippen molar-refractivity contribution in [3.63, 3.8) is 0 Å². The summed E-state index contributed by atoms with van der Waals surface area (Å²) in [5, 5.41) is 5.10. The first-order valence-electron chi connectivity index (χ1n) is 6.95. The molecule has 3 heteroatoms. The van der Waals surface area contributed by atoms with Gasteiger partial charge >= 0.3 is 0 Å². The lowest BCUT2D eigenvalue weighted by molar-refractivity contribution is 0.404. The van der Waals surface area contributed by atoms with E-state index in [9.17, 15) is 0 Å². The van der Waals surface area contributed by atoms with Crippen molar-refractivity contribution in [1.82, 2.24) is 5.32 Å². The van der Waals surface area contributed by atoms with Gasteiger partial charge in [-0.25, -0.2) is 0 Å². The van der Waals surface area contributed by atoms with Crippen LogP contribution in [0.1, 0.15) is 29.4 Å². The fourth-order valence-electron chi connectivity index (χ4n) is 3.05. The molecule has 1 fully saturated rings. The minimum atomic E-state index is 0.462. The number of piperidine rings is 1. The van der Waals surface area contributed by atoms with Gasteiger partial charge in [-0.05, 0) is 54.3 Å². The molecular weight excluding hydrogens is 289 g/mol. The minimum absolute atomic E-state index is 0.462. The van der Waals surface area contributed by atoms with Gasteiger partial charge in [-0.2, -0.15) is 0 Å². The van der Waals surface area contributed by atoms with Gasteiger partial charge in [0.2, 0.25) is 0 Å². The molecule has 0 aliphatic carbocycles. The van der Waals surface area contributed by atoms with Crippen LogP contribution in [0, 0.1) is 0 Å². The SMILES string of the molecule is Clc1ccc(C2CCNCC2c2cccc(Cl)c2)cc1. The monoisotopic (exact) mass is 305 g/mol. The molecule has 0 bridgehead atoms. The molecule has 1 N–H and O–H groups in total. The minimum Gasteiger partial charge on any atom is -0.316 e. The first-order valence-corrected chi connectivity index (χ1v) is 7.71. The first-order chi connectivity index (χ1) is 9.74. The first kappa shape index (κ1) is 13.9. The zero-order chi connectivity index (χ0) is 13.9. The predicted octanol–water partition coefficient (Wildman–Crippen LogP) is 4.85. The third kappa shape index (κ3) is 3.01. The molecule has 0 radical (unpaired) electrons. The summed E-state index contributed by atoms with van der Waals surface area (Å²) in [4.78, 5) is 0. The van der Waals surface area contributed by atoms with Crippen molar-refractivity contribution in [2.75, 3.05) is 13.1 Å². The molecule has 2 aromatic carbocycles. The Morgan fingerprint density at radius 1 is 0.850 bits per heavy atom. The Morgan fingerprint density at radius 2 is 1.65 bits per heavy atom. The molecule has 0 amide bonds. The summed E-state index contributed by atoms with van der Waals surface area (Å²) >= 11 is 12.1. The predicted molar refractivity (Wildman–Crippen MR) is 85.9 cm³/mol. The quantitative estimate of drug-likeness (QED) is 0.836. The maximum Gasteiger partial charge on any atom is 0.0408 e. The maximum atomic E-state index is 6.14. The second-order valence-electron chi connectivity index (χ2n) is 5.31. The van der Waals surface area contributed by atoms with Crippen LogP contribution in [0.3, 0.4) is 0 Å². The van der Waals surface area contributed by atoms with Crippen molar-refractivity contribution in [2.45, 2.75) is 18.3 Å². The standard InChI is InChI=1S/C17H17Cl2N/c18-14-6-4-12(5-7-14)16-8-9-20-11-17(16)13-2-1-3-15(19)10-13/h1-7,10,16-17,20H,8-9,11H2. The third-order valence-electron chi connectivity index (χ3n) is 4.06. The van der Waals surface area contributed by atoms with Crippen molar-refractivity contribution >= 4 is 23.2 Å². The lowest BCUT2D eigenvalue weighted by Crippen LogP contribution is -2.34. The van der Waals surface area contributed by atoms with E-state index in [1.165, 1.54) is 11.1 Å². The van der Waals surface area contributed by atoms with Crippen LogP contribution in [0.2, 0.25) is 10.0 Å². The van der Waals surface area contributed by atoms with E-state index in [1.54, 1.807) is 0 Å². The number of nitrogens with one attached hydrogen (secondary N) is 1. The zero-order valence-corrected chi connectivity index (χ0v) is 12.7. The van der Waals surface area contributed by atoms with Gasteiger partial charge in [-0.1, -0.05) is 47.5 Å². The average molecular weight is 306 g/mol. The van der Waals surface area contributed by atoms with Crippen LogP contribution >= 0.6 is 23.2 Å². The van der Waals surface area contributed by atoms with Gasteiger partial charge in [-0.15, -0.1) is 0 Å². The fraction of sp³-hybridized carbons (Fsp3) is 0.294. The topological polar surface area (TPSA) is 12.0 Å². The van der Waals surface area contributed by atoms with Gasteiger partial charge in [-0.3, -0.25) is 0 Å². The summed E-state index contributed by atoms with van der Waals surface area (Å²) < 4.78 is 0. The number of hydrogen-bond acceptors (Lipinski definition) is 1. The van der Waals surface area contributed by atoms with Crippen LogP contribution in [-0.4, -0.2) is 13.1 Å². The maximum absolute atomic E-state index is 6.14. The van der Waals surface area contributed by atoms with Crippen LogP contribution in [0.15, 0.2) is 48.5 Å². The highest BCUT2D eigenvalue weighted by Crippen LogP contribution is 2.38. The molecule has 0 spiro atoms. The summed E-state index contributed by atoms with van der Waals surface area (Å²) in [6.07, 6.45) is 1.14. The highest BCUT2D eigenvalue weighted by atomic mass is 35.5. The third-order valence-corrected chi connectivity index (χ3v) is 4.54. The van der Waals surface area contributed by atoms with E-state index in [1.807, 2.05) is 24.3 Å². The largest absolute Gasteiger partial charge is 0.316 e. The molecule has 1 aliphatic heterocycles. The van der Waals surface area contributed by atoms with Gasteiger partial charge in [0.1, 0.15) is 0 Å². The summed E-state index contributed by atoms with van der Waals surface area (Å²) in [6, 6.07) is 16.5. The molecule has 3 rings (SSSR count). The van der Waals surface area contributed by atoms with E-state index in [2.05, 4.69) is 29.6 Å². The van der Waals surface area contributed by atoms with Crippen molar-refractivity contribution in [2.24, 2.45) is 0 Å². The van der Waals surface area contributed by atoms with Crippen molar-refractivity contribution in [3.8, 4) is 0 Å². The highest BCUT2D eigenvalue weighted by molar-refractivity contribution is 6.30. The van der Waals surface area contributed by atoms with Crippen LogP contribution in [0.25, 0.3) is 0 Å². The van der Waals surface area contributed by atoms with E-state index in [0.29, 0.717) is 11.8 Å². The summed E-state index contributed by atoms with van der Waals surface area (Å²) in [7, 11) is 0. The Kier molecular flexibility index (Phi) is 4.30. The normalized spacial score (nSPS) is 22.7. The molecule has 0 saturated carbocycles. The van der Waals surface area contributed by atoms with Gasteiger partial charge in [0, 0.05) is 22.5 Å². The molecule has 2 atom stereocenters. The Hall–Kier alpha value is -1.02. The second kappa shape index (κ2) is 6.17. The van der Waals surface area contributed by atoms with Gasteiger partial charge in [0.25, 0.3) is 0 Å². The van der Waals surface area contributed by atoms with Crippen LogP contribution in [-0.2, 0) is 0 Å². The van der Waals surface area contributed by atoms with Crippen molar-refractivity contribution in [3.05, 3.63) is 69.7 Å². The average Bonchev–Trinajstić information content (AvgIpc) is 2.48. The molecule has 2 unspecified atom stereocenters. The van der Waals surface area contributed by atoms with Crippen LogP contribution in [0.5, 0.6) is 0 Å². The van der Waals surface area contributed by atoms with E-state index in [4.69, 9.17) is 23.2 Å². The van der Waals surface area contributed by atoms with E-state index in [0.717, 1.165) is 29.6 Å². The Bertz CT molecular complexity index is 580. The van der Waals surface area contributed by atoms with Gasteiger partial charge in [0.05, 0.1) is 0 Å². The number of hydrogen-bond donors (Lipinski definition) is 1. The van der Waals surface area contributed by atoms with Gasteiger partial charge in [0.15, 0.2) is 0 Å². The Balaban J connectivity index is 1.93. The molecule has 1 nitrogen and oxygen atoms in total. The number of rotatable bonds is 2. The van der Waals surface area contributed by atoms with Crippen LogP contribution in [0.4, 0.5) is 0 Å². The molecule has 1 saturated heterocycles. The number of benzene rings is 2. The van der Waals surface area contributed by atoms with Crippen molar-refractivity contribution < 1.29 is 0 Å². The fourth-order valence-corrected chi connectivity index (χ4v) is 3.38. The van der Waals surface area contributed by atoms with Gasteiger partial charge < -0.3 is 5.32 Å². The lowest BCUT2D eigenvalue weighted by atomic mass is 9.77. The zero-order valence-electron chi connectivity index (χ0n) is 11.2. The molecule has 20 heavy (non-hydrogen) atoms. The molecule has 1 aliphatic rings. The van der Waals surface area contributed by atoms with Crippen molar-refractivity contribution in [1.29, 1.82) is 0 Å². The van der Waals surface area contributed by atoms with E-state index in [-0.39, 0.29) is 0 Å². The lowest BCUT2D eigenvalue weighted by Gasteiger charge is -2.33. The molecule has 2 aromatic rings. The smallest absolute Gasteiger partial charge is 0.0408 e. The summed E-state index contributed by atoms with van der Waals surface area (Å²) in [6.45, 7) is 2.05. The summed E-state index contributed by atoms with van der Waals surface area (Å²) in [5.74, 6) is 0.982. The second-order valence-corrected chi connectivity index (χ2v) is 6.19. The Labute approximate surface area is 129 Å². The molecule has 0 aromatic heterocycles. The summed E-state index contributed by atoms with van der Waals surface area (Å²) in [5.41, 5.74) is 2.67. The molecule has 104 valence electrons. The molecule has 1 heterocycles. The van der Waals surface area contributed by atoms with Crippen LogP contribution < -0.4 is 5.32 Å².